The highest BCUT2D eigenvalue weighted by molar-refractivity contribution is 6.31. The molecule has 0 atom stereocenters. The Morgan fingerprint density at radius 2 is 1.90 bits per heavy atom. The molecule has 0 fully saturated rings. The van der Waals surface area contributed by atoms with Gasteiger partial charge in [0, 0.05) is 17.1 Å². The van der Waals surface area contributed by atoms with E-state index in [4.69, 9.17) is 16.3 Å². The lowest BCUT2D eigenvalue weighted by molar-refractivity contribution is 0.0987. The van der Waals surface area contributed by atoms with Crippen LogP contribution in [0.25, 0.3) is 0 Å². The lowest BCUT2D eigenvalue weighted by Crippen LogP contribution is -2.30. The zero-order valence-corrected chi connectivity index (χ0v) is 12.6. The van der Waals surface area contributed by atoms with Gasteiger partial charge >= 0.3 is 0 Å². The van der Waals surface area contributed by atoms with E-state index in [-0.39, 0.29) is 11.7 Å². The van der Waals surface area contributed by atoms with Gasteiger partial charge in [-0.25, -0.2) is 0 Å². The summed E-state index contributed by atoms with van der Waals surface area (Å²) in [4.78, 5) is 14.2. The Bertz CT molecular complexity index is 640. The number of ether oxygens (including phenoxy) is 1. The summed E-state index contributed by atoms with van der Waals surface area (Å²) in [6.07, 6.45) is 0. The number of methoxy groups -OCH3 is 1. The number of aromatic hydroxyl groups is 1. The molecule has 0 heterocycles. The molecule has 1 N–H and O–H groups in total. The second kappa shape index (κ2) is 6.50. The van der Waals surface area contributed by atoms with Crippen molar-refractivity contribution in [3.63, 3.8) is 0 Å². The molecule has 0 aliphatic rings. The third-order valence-corrected chi connectivity index (χ3v) is 3.34. The minimum Gasteiger partial charge on any atom is -0.508 e. The molecule has 5 heteroatoms. The topological polar surface area (TPSA) is 49.8 Å². The first-order valence-corrected chi connectivity index (χ1v) is 6.89. The summed E-state index contributed by atoms with van der Waals surface area (Å²) in [5.41, 5.74) is 1.10. The first-order chi connectivity index (χ1) is 10.1. The molecule has 21 heavy (non-hydrogen) atoms. The highest BCUT2D eigenvalue weighted by atomic mass is 35.5. The van der Waals surface area contributed by atoms with Crippen LogP contribution in [0, 0.1) is 0 Å². The van der Waals surface area contributed by atoms with Crippen LogP contribution in [0.15, 0.2) is 42.5 Å². The van der Waals surface area contributed by atoms with Crippen molar-refractivity contribution < 1.29 is 14.6 Å². The van der Waals surface area contributed by atoms with E-state index < -0.39 is 0 Å². The maximum atomic E-state index is 12.6. The number of carbonyl (C=O) groups is 1. The number of phenols is 1. The van der Waals surface area contributed by atoms with Crippen molar-refractivity contribution in [3.05, 3.63) is 53.1 Å². The highest BCUT2D eigenvalue weighted by Gasteiger charge is 2.19. The van der Waals surface area contributed by atoms with E-state index >= 15 is 0 Å². The molecule has 0 saturated carbocycles. The van der Waals surface area contributed by atoms with Crippen molar-refractivity contribution in [2.75, 3.05) is 18.6 Å². The summed E-state index contributed by atoms with van der Waals surface area (Å²) in [7, 11) is 1.55. The van der Waals surface area contributed by atoms with E-state index in [9.17, 15) is 9.90 Å². The molecule has 0 aromatic heterocycles. The molecule has 0 aliphatic heterocycles. The van der Waals surface area contributed by atoms with Gasteiger partial charge in [0.05, 0.1) is 12.8 Å². The highest BCUT2D eigenvalue weighted by Crippen LogP contribution is 2.32. The van der Waals surface area contributed by atoms with Crippen molar-refractivity contribution in [2.24, 2.45) is 0 Å². The fourth-order valence-corrected chi connectivity index (χ4v) is 2.22. The smallest absolute Gasteiger partial charge is 0.258 e. The van der Waals surface area contributed by atoms with Crippen LogP contribution in [0.1, 0.15) is 17.3 Å². The predicted octanol–water partition coefficient (Wildman–Crippen LogP) is 3.72. The van der Waals surface area contributed by atoms with Gasteiger partial charge in [0.15, 0.2) is 0 Å². The summed E-state index contributed by atoms with van der Waals surface area (Å²) in [6, 6.07) is 11.3. The van der Waals surface area contributed by atoms with E-state index in [1.165, 1.54) is 12.1 Å². The van der Waals surface area contributed by atoms with Gasteiger partial charge in [0.25, 0.3) is 5.91 Å². The maximum absolute atomic E-state index is 12.6. The summed E-state index contributed by atoms with van der Waals surface area (Å²) in [5.74, 6) is 0.515. The van der Waals surface area contributed by atoms with Crippen molar-refractivity contribution in [1.29, 1.82) is 0 Å². The van der Waals surface area contributed by atoms with Gasteiger partial charge in [0.1, 0.15) is 11.5 Å². The van der Waals surface area contributed by atoms with Crippen LogP contribution in [0.4, 0.5) is 5.69 Å². The van der Waals surface area contributed by atoms with Crippen molar-refractivity contribution in [2.45, 2.75) is 6.92 Å². The zero-order chi connectivity index (χ0) is 15.4. The SMILES string of the molecule is CCN(C(=O)c1ccc(O)cc1)c1cc(Cl)ccc1OC. The molecule has 2 aromatic rings. The fourth-order valence-electron chi connectivity index (χ4n) is 2.06. The molecule has 2 rings (SSSR count). The van der Waals surface area contributed by atoms with Crippen LogP contribution < -0.4 is 9.64 Å². The van der Waals surface area contributed by atoms with Crippen LogP contribution in [-0.4, -0.2) is 24.7 Å². The van der Waals surface area contributed by atoms with E-state index in [2.05, 4.69) is 0 Å². The number of hydrogen-bond donors (Lipinski definition) is 1. The molecule has 1 amide bonds. The number of rotatable bonds is 4. The Kier molecular flexibility index (Phi) is 4.70. The Morgan fingerprint density at radius 1 is 1.24 bits per heavy atom. The third kappa shape index (κ3) is 3.28. The Morgan fingerprint density at radius 3 is 2.48 bits per heavy atom. The molecule has 2 aromatic carbocycles. The van der Waals surface area contributed by atoms with Crippen LogP contribution in [0.2, 0.25) is 5.02 Å². The van der Waals surface area contributed by atoms with Gasteiger partial charge in [-0.3, -0.25) is 4.79 Å². The Labute approximate surface area is 128 Å². The number of carbonyl (C=O) groups excluding carboxylic acids is 1. The molecule has 0 radical (unpaired) electrons. The minimum absolute atomic E-state index is 0.120. The standard InChI is InChI=1S/C16H16ClNO3/c1-3-18(14-10-12(17)6-9-15(14)21-2)16(20)11-4-7-13(19)8-5-11/h4-10,19H,3H2,1-2H3. The number of nitrogens with zero attached hydrogens (tertiary/aromatic N) is 1. The molecule has 0 saturated heterocycles. The monoisotopic (exact) mass is 305 g/mol. The van der Waals surface area contributed by atoms with Gasteiger partial charge in [0.2, 0.25) is 0 Å². The number of phenolic OH excluding ortho intramolecular Hbond substituents is 1. The van der Waals surface area contributed by atoms with E-state index in [0.717, 1.165) is 0 Å². The second-order valence-electron chi connectivity index (χ2n) is 4.41. The van der Waals surface area contributed by atoms with E-state index in [1.807, 2.05) is 6.92 Å². The quantitative estimate of drug-likeness (QED) is 0.936. The average Bonchev–Trinajstić information content (AvgIpc) is 2.49. The van der Waals surface area contributed by atoms with Crippen LogP contribution in [0.5, 0.6) is 11.5 Å². The Balaban J connectivity index is 2.41. The van der Waals surface area contributed by atoms with Crippen LogP contribution in [0.3, 0.4) is 0 Å². The lowest BCUT2D eigenvalue weighted by Gasteiger charge is -2.23. The number of anilines is 1. The average molecular weight is 306 g/mol. The van der Waals surface area contributed by atoms with Crippen molar-refractivity contribution >= 4 is 23.2 Å². The van der Waals surface area contributed by atoms with Gasteiger partial charge in [-0.05, 0) is 49.4 Å². The van der Waals surface area contributed by atoms with Gasteiger partial charge in [-0.2, -0.15) is 0 Å². The number of halogens is 1. The first-order valence-electron chi connectivity index (χ1n) is 6.51. The first kappa shape index (κ1) is 15.2. The summed E-state index contributed by atoms with van der Waals surface area (Å²) >= 11 is 6.02. The fraction of sp³-hybridized carbons (Fsp3) is 0.188. The largest absolute Gasteiger partial charge is 0.508 e. The molecule has 0 unspecified atom stereocenters. The molecule has 0 aliphatic carbocycles. The summed E-state index contributed by atoms with van der Waals surface area (Å²) in [6.45, 7) is 2.34. The van der Waals surface area contributed by atoms with Gasteiger partial charge in [-0.15, -0.1) is 0 Å². The molecular formula is C16H16ClNO3. The summed E-state index contributed by atoms with van der Waals surface area (Å²) < 4.78 is 5.30. The second-order valence-corrected chi connectivity index (χ2v) is 4.85. The Hall–Kier alpha value is -2.20. The van der Waals surface area contributed by atoms with E-state index in [1.54, 1.807) is 42.3 Å². The number of amides is 1. The normalized spacial score (nSPS) is 10.2. The van der Waals surface area contributed by atoms with Gasteiger partial charge < -0.3 is 14.7 Å². The minimum atomic E-state index is -0.182. The maximum Gasteiger partial charge on any atom is 0.258 e. The van der Waals surface area contributed by atoms with Crippen LogP contribution in [-0.2, 0) is 0 Å². The molecule has 0 bridgehead atoms. The van der Waals surface area contributed by atoms with E-state index in [0.29, 0.717) is 28.6 Å². The van der Waals surface area contributed by atoms with Gasteiger partial charge in [-0.1, -0.05) is 11.6 Å². The zero-order valence-electron chi connectivity index (χ0n) is 11.8. The molecule has 110 valence electrons. The number of benzene rings is 2. The molecular weight excluding hydrogens is 290 g/mol. The number of hydrogen-bond acceptors (Lipinski definition) is 3. The third-order valence-electron chi connectivity index (χ3n) is 3.11. The van der Waals surface area contributed by atoms with Crippen LogP contribution >= 0.6 is 11.6 Å². The van der Waals surface area contributed by atoms with Crippen molar-refractivity contribution in [3.8, 4) is 11.5 Å². The summed E-state index contributed by atoms with van der Waals surface area (Å²) in [5, 5.41) is 9.84. The van der Waals surface area contributed by atoms with Crippen molar-refractivity contribution in [1.82, 2.24) is 0 Å². The molecule has 0 spiro atoms. The molecule has 4 nitrogen and oxygen atoms in total. The lowest BCUT2D eigenvalue weighted by atomic mass is 10.1. The predicted molar refractivity (Wildman–Crippen MR) is 83.5 cm³/mol.